The van der Waals surface area contributed by atoms with Gasteiger partial charge >= 0.3 is 5.97 Å². The number of guanidine groups is 1. The highest BCUT2D eigenvalue weighted by molar-refractivity contribution is 5.91. The summed E-state index contributed by atoms with van der Waals surface area (Å²) in [7, 11) is 0. The van der Waals surface area contributed by atoms with E-state index < -0.39 is 35.9 Å². The Kier molecular flexibility index (Phi) is 11.0. The van der Waals surface area contributed by atoms with Gasteiger partial charge in [0.05, 0.1) is 6.04 Å². The van der Waals surface area contributed by atoms with Gasteiger partial charge in [0.25, 0.3) is 0 Å². The van der Waals surface area contributed by atoms with Gasteiger partial charge in [0.2, 0.25) is 11.8 Å². The van der Waals surface area contributed by atoms with Crippen molar-refractivity contribution in [3.05, 3.63) is 29.8 Å². The Hall–Kier alpha value is -3.34. The van der Waals surface area contributed by atoms with Crippen LogP contribution in [0.15, 0.2) is 29.3 Å². The number of benzene rings is 1. The van der Waals surface area contributed by atoms with E-state index in [1.54, 1.807) is 12.1 Å². The molecule has 1 aromatic rings. The first-order valence-electron chi connectivity index (χ1n) is 10.4. The number of nitrogens with one attached hydrogen (secondary N) is 2. The number of nitrogens with zero attached hydrogens (tertiary/aromatic N) is 1. The lowest BCUT2D eigenvalue weighted by Crippen LogP contribution is -2.55. The zero-order valence-electron chi connectivity index (χ0n) is 18.5. The summed E-state index contributed by atoms with van der Waals surface area (Å²) in [6.07, 6.45) is 1.00. The van der Waals surface area contributed by atoms with Crippen molar-refractivity contribution < 1.29 is 24.6 Å². The van der Waals surface area contributed by atoms with E-state index in [4.69, 9.17) is 17.2 Å². The summed E-state index contributed by atoms with van der Waals surface area (Å²) in [6.45, 7) is 4.00. The summed E-state index contributed by atoms with van der Waals surface area (Å²) in [5.41, 5.74) is 17.2. The fourth-order valence-corrected chi connectivity index (χ4v) is 2.99. The number of nitrogens with two attached hydrogens (primary N) is 3. The van der Waals surface area contributed by atoms with Crippen LogP contribution in [0.25, 0.3) is 0 Å². The predicted molar refractivity (Wildman–Crippen MR) is 121 cm³/mol. The van der Waals surface area contributed by atoms with Gasteiger partial charge in [-0.15, -0.1) is 0 Å². The lowest BCUT2D eigenvalue weighted by Gasteiger charge is -2.24. The van der Waals surface area contributed by atoms with Crippen molar-refractivity contribution in [1.29, 1.82) is 0 Å². The molecule has 2 amide bonds. The topological polar surface area (TPSA) is 206 Å². The van der Waals surface area contributed by atoms with Gasteiger partial charge in [0, 0.05) is 6.54 Å². The first kappa shape index (κ1) is 26.7. The van der Waals surface area contributed by atoms with Crippen LogP contribution < -0.4 is 27.8 Å². The Morgan fingerprint density at radius 3 is 2.16 bits per heavy atom. The Morgan fingerprint density at radius 2 is 1.62 bits per heavy atom. The van der Waals surface area contributed by atoms with Gasteiger partial charge in [0.15, 0.2) is 5.96 Å². The molecule has 0 saturated heterocycles. The lowest BCUT2D eigenvalue weighted by molar-refractivity contribution is -0.142. The van der Waals surface area contributed by atoms with Gasteiger partial charge < -0.3 is 38.0 Å². The monoisotopic (exact) mass is 450 g/mol. The van der Waals surface area contributed by atoms with Crippen LogP contribution in [-0.2, 0) is 20.8 Å². The smallest absolute Gasteiger partial charge is 0.326 e. The number of amides is 2. The first-order valence-corrected chi connectivity index (χ1v) is 10.4. The summed E-state index contributed by atoms with van der Waals surface area (Å²) >= 11 is 0. The second-order valence-corrected chi connectivity index (χ2v) is 8.02. The van der Waals surface area contributed by atoms with Crippen molar-refractivity contribution in [2.24, 2.45) is 28.1 Å². The summed E-state index contributed by atoms with van der Waals surface area (Å²) < 4.78 is 0. The van der Waals surface area contributed by atoms with Crippen LogP contribution >= 0.6 is 0 Å². The Bertz CT molecular complexity index is 792. The molecule has 0 radical (unpaired) electrons. The van der Waals surface area contributed by atoms with E-state index in [-0.39, 0.29) is 37.0 Å². The van der Waals surface area contributed by atoms with Crippen LogP contribution in [0.4, 0.5) is 0 Å². The van der Waals surface area contributed by atoms with Crippen LogP contribution in [-0.4, -0.2) is 58.6 Å². The third-order valence-electron chi connectivity index (χ3n) is 4.63. The summed E-state index contributed by atoms with van der Waals surface area (Å²) in [6, 6.07) is 3.29. The van der Waals surface area contributed by atoms with Crippen LogP contribution in [0, 0.1) is 5.92 Å². The van der Waals surface area contributed by atoms with Gasteiger partial charge in [-0.1, -0.05) is 26.0 Å². The summed E-state index contributed by atoms with van der Waals surface area (Å²) in [4.78, 5) is 40.7. The molecule has 178 valence electrons. The maximum absolute atomic E-state index is 12.8. The highest BCUT2D eigenvalue weighted by Gasteiger charge is 2.28. The van der Waals surface area contributed by atoms with Crippen LogP contribution in [0.3, 0.4) is 0 Å². The minimum absolute atomic E-state index is 0.0597. The average Bonchev–Trinajstić information content (AvgIpc) is 2.70. The SMILES string of the molecule is CC(C)C[C@H](NC(=O)[C@@H](N)Cc1ccc(O)cc1)C(=O)N[C@@H](CCCN=C(N)N)C(=O)O. The number of rotatable bonds is 13. The fourth-order valence-electron chi connectivity index (χ4n) is 2.99. The minimum atomic E-state index is -1.19. The van der Waals surface area contributed by atoms with Gasteiger partial charge in [-0.25, -0.2) is 4.79 Å². The molecule has 3 atom stereocenters. The van der Waals surface area contributed by atoms with Crippen molar-refractivity contribution in [1.82, 2.24) is 10.6 Å². The molecule has 0 unspecified atom stereocenters. The van der Waals surface area contributed by atoms with E-state index in [2.05, 4.69) is 15.6 Å². The zero-order chi connectivity index (χ0) is 24.3. The van der Waals surface area contributed by atoms with E-state index in [1.807, 2.05) is 13.8 Å². The predicted octanol–water partition coefficient (Wildman–Crippen LogP) is -0.584. The van der Waals surface area contributed by atoms with Crippen molar-refractivity contribution >= 4 is 23.7 Å². The minimum Gasteiger partial charge on any atom is -0.508 e. The number of hydrogen-bond acceptors (Lipinski definition) is 6. The van der Waals surface area contributed by atoms with Crippen molar-refractivity contribution in [3.63, 3.8) is 0 Å². The van der Waals surface area contributed by atoms with Crippen LogP contribution in [0.5, 0.6) is 5.75 Å². The second kappa shape index (κ2) is 13.2. The van der Waals surface area contributed by atoms with Crippen LogP contribution in [0.2, 0.25) is 0 Å². The molecule has 11 heteroatoms. The second-order valence-electron chi connectivity index (χ2n) is 8.02. The largest absolute Gasteiger partial charge is 0.508 e. The van der Waals surface area contributed by atoms with E-state index in [0.717, 1.165) is 5.56 Å². The average molecular weight is 451 g/mol. The number of hydrogen-bond donors (Lipinski definition) is 7. The molecule has 1 rings (SSSR count). The molecule has 0 saturated carbocycles. The number of phenols is 1. The number of aromatic hydroxyl groups is 1. The summed E-state index contributed by atoms with van der Waals surface area (Å²) in [5, 5.41) is 23.9. The number of carboxylic acid groups (broad SMARTS) is 1. The van der Waals surface area contributed by atoms with E-state index in [9.17, 15) is 24.6 Å². The van der Waals surface area contributed by atoms with E-state index >= 15 is 0 Å². The molecule has 0 heterocycles. The maximum atomic E-state index is 12.8. The van der Waals surface area contributed by atoms with Gasteiger partial charge in [-0.3, -0.25) is 14.6 Å². The Labute approximate surface area is 187 Å². The van der Waals surface area contributed by atoms with Crippen molar-refractivity contribution in [2.75, 3.05) is 6.54 Å². The molecular formula is C21H34N6O5. The molecule has 0 aliphatic carbocycles. The summed E-state index contributed by atoms with van der Waals surface area (Å²) in [5.74, 6) is -2.25. The van der Waals surface area contributed by atoms with Crippen LogP contribution in [0.1, 0.15) is 38.7 Å². The molecule has 32 heavy (non-hydrogen) atoms. The molecule has 0 bridgehead atoms. The maximum Gasteiger partial charge on any atom is 0.326 e. The van der Waals surface area contributed by atoms with Gasteiger partial charge in [-0.2, -0.15) is 0 Å². The molecule has 0 fully saturated rings. The number of phenolic OH excluding ortho intramolecular Hbond substituents is 1. The lowest BCUT2D eigenvalue weighted by atomic mass is 10.0. The molecule has 10 N–H and O–H groups in total. The molecule has 11 nitrogen and oxygen atoms in total. The Morgan fingerprint density at radius 1 is 1.03 bits per heavy atom. The third-order valence-corrected chi connectivity index (χ3v) is 4.63. The number of carbonyl (C=O) groups excluding carboxylic acids is 2. The zero-order valence-corrected chi connectivity index (χ0v) is 18.5. The quantitative estimate of drug-likeness (QED) is 0.117. The number of carbonyl (C=O) groups is 3. The normalized spacial score (nSPS) is 13.6. The third kappa shape index (κ3) is 10.1. The highest BCUT2D eigenvalue weighted by atomic mass is 16.4. The standard InChI is InChI=1S/C21H34N6O5/c1-12(2)10-17(19(30)26-16(20(31)32)4-3-9-25-21(23)24)27-18(29)15(22)11-13-5-7-14(28)8-6-13/h5-8,12,15-17,28H,3-4,9-11,22H2,1-2H3,(H,26,30)(H,27,29)(H,31,32)(H4,23,24,25)/t15-,16-,17-/m0/s1. The molecular weight excluding hydrogens is 416 g/mol. The van der Waals surface area contributed by atoms with Gasteiger partial charge in [0.1, 0.15) is 17.8 Å². The van der Waals surface area contributed by atoms with Crippen molar-refractivity contribution in [3.8, 4) is 5.75 Å². The van der Waals surface area contributed by atoms with Gasteiger partial charge in [-0.05, 0) is 49.3 Å². The fraction of sp³-hybridized carbons (Fsp3) is 0.524. The number of carboxylic acids is 1. The number of aliphatic imine (C=N–C) groups is 1. The molecule has 0 spiro atoms. The molecule has 0 aromatic heterocycles. The molecule has 1 aromatic carbocycles. The van der Waals surface area contributed by atoms with Crippen molar-refractivity contribution in [2.45, 2.75) is 57.7 Å². The molecule has 0 aliphatic rings. The highest BCUT2D eigenvalue weighted by Crippen LogP contribution is 2.12. The first-order chi connectivity index (χ1) is 15.0. The Balaban J connectivity index is 2.76. The van der Waals surface area contributed by atoms with E-state index in [0.29, 0.717) is 12.8 Å². The van der Waals surface area contributed by atoms with E-state index in [1.165, 1.54) is 12.1 Å². The number of aliphatic carboxylic acids is 1. The molecule has 0 aliphatic heterocycles.